The molecule has 0 amide bonds. The Labute approximate surface area is 176 Å². The van der Waals surface area contributed by atoms with Crippen molar-refractivity contribution in [1.82, 2.24) is 19.9 Å². The van der Waals surface area contributed by atoms with Crippen LogP contribution >= 0.6 is 0 Å². The normalized spacial score (nSPS) is 10.9. The van der Waals surface area contributed by atoms with Crippen LogP contribution in [0, 0.1) is 0 Å². The van der Waals surface area contributed by atoms with Crippen molar-refractivity contribution in [3.63, 3.8) is 0 Å². The Morgan fingerprint density at radius 2 is 1.68 bits per heavy atom. The number of halogens is 2. The molecule has 8 nitrogen and oxygen atoms in total. The molecular formula is C21H18F2N6O2. The van der Waals surface area contributed by atoms with E-state index in [0.29, 0.717) is 45.7 Å². The van der Waals surface area contributed by atoms with Crippen molar-refractivity contribution in [2.75, 3.05) is 24.9 Å². The third kappa shape index (κ3) is 4.58. The molecule has 0 saturated heterocycles. The zero-order valence-electron chi connectivity index (χ0n) is 16.6. The van der Waals surface area contributed by atoms with Crippen LogP contribution in [0.15, 0.2) is 55.0 Å². The van der Waals surface area contributed by atoms with Crippen molar-refractivity contribution in [1.29, 1.82) is 0 Å². The molecular weight excluding hydrogens is 406 g/mol. The molecule has 0 aliphatic rings. The summed E-state index contributed by atoms with van der Waals surface area (Å²) >= 11 is 0. The molecule has 3 heterocycles. The zero-order chi connectivity index (χ0) is 21.8. The van der Waals surface area contributed by atoms with Gasteiger partial charge in [0.05, 0.1) is 43.5 Å². The van der Waals surface area contributed by atoms with Crippen LogP contribution in [0.4, 0.5) is 31.9 Å². The Bertz CT molecular complexity index is 1220. The molecule has 2 N–H and O–H groups in total. The van der Waals surface area contributed by atoms with E-state index in [2.05, 4.69) is 30.6 Å². The van der Waals surface area contributed by atoms with Crippen LogP contribution < -0.4 is 20.1 Å². The first-order chi connectivity index (χ1) is 15.1. The molecule has 0 spiro atoms. The molecule has 10 heteroatoms. The van der Waals surface area contributed by atoms with Gasteiger partial charge in [-0.2, -0.15) is 4.98 Å². The fourth-order valence-electron chi connectivity index (χ4n) is 2.92. The summed E-state index contributed by atoms with van der Waals surface area (Å²) in [4.78, 5) is 17.1. The number of nitrogens with zero attached hydrogens (tertiary/aromatic N) is 4. The van der Waals surface area contributed by atoms with Crippen molar-refractivity contribution >= 4 is 34.0 Å². The van der Waals surface area contributed by atoms with Gasteiger partial charge in [-0.15, -0.1) is 0 Å². The maximum absolute atomic E-state index is 13.0. The number of anilines is 4. The van der Waals surface area contributed by atoms with Crippen LogP contribution in [0.2, 0.25) is 0 Å². The molecule has 4 rings (SSSR count). The van der Waals surface area contributed by atoms with Gasteiger partial charge in [0, 0.05) is 23.2 Å². The number of benzene rings is 1. The van der Waals surface area contributed by atoms with Crippen LogP contribution in [0.1, 0.15) is 12.0 Å². The van der Waals surface area contributed by atoms with Gasteiger partial charge in [0.25, 0.3) is 12.3 Å². The Hall–Kier alpha value is -4.08. The molecule has 0 unspecified atom stereocenters. The van der Waals surface area contributed by atoms with Crippen LogP contribution in [-0.2, 0) is 0 Å². The highest BCUT2D eigenvalue weighted by atomic mass is 19.3. The van der Waals surface area contributed by atoms with Crippen LogP contribution in [-0.4, -0.2) is 34.2 Å². The van der Waals surface area contributed by atoms with Gasteiger partial charge in [0.1, 0.15) is 5.82 Å². The van der Waals surface area contributed by atoms with E-state index in [-0.39, 0.29) is 5.56 Å². The highest BCUT2D eigenvalue weighted by Crippen LogP contribution is 2.28. The lowest BCUT2D eigenvalue weighted by Crippen LogP contribution is -2.02. The van der Waals surface area contributed by atoms with E-state index in [9.17, 15) is 8.78 Å². The number of fused-ring (bicyclic) bond motifs is 1. The lowest BCUT2D eigenvalue weighted by atomic mass is 10.1. The number of hydrogen-bond acceptors (Lipinski definition) is 8. The van der Waals surface area contributed by atoms with E-state index in [1.165, 1.54) is 26.4 Å². The molecule has 0 bridgehead atoms. The van der Waals surface area contributed by atoms with Crippen molar-refractivity contribution < 1.29 is 18.3 Å². The lowest BCUT2D eigenvalue weighted by molar-refractivity contribution is 0.151. The number of aromatic nitrogens is 4. The van der Waals surface area contributed by atoms with Crippen LogP contribution in [0.25, 0.3) is 10.9 Å². The monoisotopic (exact) mass is 424 g/mol. The third-order valence-corrected chi connectivity index (χ3v) is 4.37. The van der Waals surface area contributed by atoms with Crippen molar-refractivity contribution in [2.45, 2.75) is 6.43 Å². The van der Waals surface area contributed by atoms with Gasteiger partial charge in [-0.05, 0) is 24.3 Å². The smallest absolute Gasteiger partial charge is 0.263 e. The Balaban J connectivity index is 1.54. The molecule has 1 aromatic carbocycles. The highest BCUT2D eigenvalue weighted by Gasteiger charge is 2.10. The molecule has 0 aliphatic heterocycles. The van der Waals surface area contributed by atoms with Gasteiger partial charge in [-0.1, -0.05) is 6.07 Å². The van der Waals surface area contributed by atoms with Crippen LogP contribution in [0.3, 0.4) is 0 Å². The SMILES string of the molecule is COc1cc(Nc2nccc(Nc3cnc4ccc(C(F)F)cc4c3)n2)cnc1OC. The maximum Gasteiger partial charge on any atom is 0.263 e. The minimum atomic E-state index is -2.54. The third-order valence-electron chi connectivity index (χ3n) is 4.37. The zero-order valence-corrected chi connectivity index (χ0v) is 16.6. The second-order valence-corrected chi connectivity index (χ2v) is 6.43. The molecule has 3 aromatic heterocycles. The van der Waals surface area contributed by atoms with E-state index < -0.39 is 6.43 Å². The number of methoxy groups -OCH3 is 2. The number of alkyl halides is 2. The van der Waals surface area contributed by atoms with Gasteiger partial charge in [0.2, 0.25) is 5.95 Å². The quantitative estimate of drug-likeness (QED) is 0.434. The highest BCUT2D eigenvalue weighted by molar-refractivity contribution is 5.83. The standard InChI is InChI=1S/C21H18F2N6O2/c1-30-17-9-15(11-26-20(17)31-2)28-21-24-6-5-18(29-21)27-14-8-13-7-12(19(22)23)3-4-16(13)25-10-14/h3-11,19H,1-2H3,(H2,24,27,28,29). The van der Waals surface area contributed by atoms with Gasteiger partial charge < -0.3 is 20.1 Å². The van der Waals surface area contributed by atoms with Crippen molar-refractivity contribution in [3.05, 3.63) is 60.6 Å². The van der Waals surface area contributed by atoms with E-state index >= 15 is 0 Å². The number of pyridine rings is 2. The molecule has 0 atom stereocenters. The fraction of sp³-hybridized carbons (Fsp3) is 0.143. The fourth-order valence-corrected chi connectivity index (χ4v) is 2.92. The number of ether oxygens (including phenoxy) is 2. The van der Waals surface area contributed by atoms with E-state index in [0.717, 1.165) is 0 Å². The van der Waals surface area contributed by atoms with E-state index in [1.807, 2.05) is 0 Å². The number of rotatable bonds is 7. The average molecular weight is 424 g/mol. The molecule has 0 aliphatic carbocycles. The summed E-state index contributed by atoms with van der Waals surface area (Å²) in [7, 11) is 3.03. The first-order valence-electron chi connectivity index (χ1n) is 9.18. The maximum atomic E-state index is 13.0. The first kappa shape index (κ1) is 20.2. The summed E-state index contributed by atoms with van der Waals surface area (Å²) in [5.41, 5.74) is 1.79. The Morgan fingerprint density at radius 3 is 2.45 bits per heavy atom. The largest absolute Gasteiger partial charge is 0.491 e. The van der Waals surface area contributed by atoms with Crippen molar-refractivity contribution in [3.8, 4) is 11.6 Å². The molecule has 0 saturated carbocycles. The summed E-state index contributed by atoms with van der Waals surface area (Å²) in [6, 6.07) is 9.50. The van der Waals surface area contributed by atoms with Gasteiger partial charge >= 0.3 is 0 Å². The summed E-state index contributed by atoms with van der Waals surface area (Å²) in [6.07, 6.45) is 2.22. The van der Waals surface area contributed by atoms with E-state index in [1.54, 1.807) is 42.9 Å². The molecule has 4 aromatic rings. The van der Waals surface area contributed by atoms with Gasteiger partial charge in [-0.3, -0.25) is 4.98 Å². The second kappa shape index (κ2) is 8.74. The Morgan fingerprint density at radius 1 is 0.871 bits per heavy atom. The second-order valence-electron chi connectivity index (χ2n) is 6.43. The summed E-state index contributed by atoms with van der Waals surface area (Å²) in [5.74, 6) is 1.65. The van der Waals surface area contributed by atoms with Gasteiger partial charge in [-0.25, -0.2) is 18.7 Å². The van der Waals surface area contributed by atoms with Crippen LogP contribution in [0.5, 0.6) is 11.6 Å². The minimum Gasteiger partial charge on any atom is -0.491 e. The summed E-state index contributed by atoms with van der Waals surface area (Å²) in [5, 5.41) is 6.76. The topological polar surface area (TPSA) is 94.1 Å². The predicted octanol–water partition coefficient (Wildman–Crippen LogP) is 4.86. The first-order valence-corrected chi connectivity index (χ1v) is 9.18. The Kier molecular flexibility index (Phi) is 5.69. The molecule has 31 heavy (non-hydrogen) atoms. The van der Waals surface area contributed by atoms with Gasteiger partial charge in [0.15, 0.2) is 5.75 Å². The lowest BCUT2D eigenvalue weighted by Gasteiger charge is -2.11. The predicted molar refractivity (Wildman–Crippen MR) is 113 cm³/mol. The number of hydrogen-bond donors (Lipinski definition) is 2. The minimum absolute atomic E-state index is 0.0523. The average Bonchev–Trinajstić information content (AvgIpc) is 2.78. The number of nitrogens with one attached hydrogen (secondary N) is 2. The van der Waals surface area contributed by atoms with Crippen molar-refractivity contribution in [2.24, 2.45) is 0 Å². The van der Waals surface area contributed by atoms with E-state index in [4.69, 9.17) is 9.47 Å². The molecule has 0 fully saturated rings. The summed E-state index contributed by atoms with van der Waals surface area (Å²) in [6.45, 7) is 0. The molecule has 0 radical (unpaired) electrons. The summed E-state index contributed by atoms with van der Waals surface area (Å²) < 4.78 is 36.3. The molecule has 158 valence electrons.